The van der Waals surface area contributed by atoms with Crippen LogP contribution in [-0.4, -0.2) is 66.9 Å². The second-order valence-corrected chi connectivity index (χ2v) is 9.18. The van der Waals surface area contributed by atoms with Crippen LogP contribution in [0.4, 0.5) is 0 Å². The average Bonchev–Trinajstić information content (AvgIpc) is 2.80. The third kappa shape index (κ3) is 4.93. The van der Waals surface area contributed by atoms with E-state index in [0.29, 0.717) is 18.4 Å². The summed E-state index contributed by atoms with van der Waals surface area (Å²) in [6.07, 6.45) is 1.20. The first-order valence-electron chi connectivity index (χ1n) is 11.6. The van der Waals surface area contributed by atoms with E-state index in [1.54, 1.807) is 0 Å². The summed E-state index contributed by atoms with van der Waals surface area (Å²) in [4.78, 5) is 18.1. The van der Waals surface area contributed by atoms with Gasteiger partial charge in [-0.3, -0.25) is 9.69 Å². The number of rotatable bonds is 7. The maximum atomic E-state index is 13.2. The van der Waals surface area contributed by atoms with Crippen LogP contribution in [0, 0.1) is 5.92 Å². The molecule has 2 atom stereocenters. The van der Waals surface area contributed by atoms with Crippen LogP contribution in [0.3, 0.4) is 0 Å². The van der Waals surface area contributed by atoms with E-state index in [1.165, 1.54) is 17.7 Å². The first-order chi connectivity index (χ1) is 15.3. The lowest BCUT2D eigenvalue weighted by atomic mass is 9.83. The van der Waals surface area contributed by atoms with E-state index >= 15 is 0 Å². The molecule has 0 amide bonds. The van der Waals surface area contributed by atoms with Gasteiger partial charge in [-0.1, -0.05) is 36.4 Å². The van der Waals surface area contributed by atoms with Crippen LogP contribution in [0.25, 0.3) is 0 Å². The standard InChI is InChI=1S/C25H33N3O3/c29-25-22(17-26-8-11-30-12-9-26)6-7-24-23-14-21(16-28(24)25)15-27(18-23)10-13-31-19-20-4-2-1-3-5-20/h1-7,21,23H,8-19H2/t21-,23+/m0/s1. The topological polar surface area (TPSA) is 46.9 Å². The molecule has 31 heavy (non-hydrogen) atoms. The van der Waals surface area contributed by atoms with Crippen molar-refractivity contribution in [2.75, 3.05) is 52.5 Å². The van der Waals surface area contributed by atoms with Gasteiger partial charge >= 0.3 is 0 Å². The average molecular weight is 424 g/mol. The predicted molar refractivity (Wildman–Crippen MR) is 120 cm³/mol. The van der Waals surface area contributed by atoms with E-state index in [-0.39, 0.29) is 5.56 Å². The van der Waals surface area contributed by atoms with Crippen molar-refractivity contribution >= 4 is 0 Å². The van der Waals surface area contributed by atoms with Gasteiger partial charge in [0, 0.05) is 63.0 Å². The summed E-state index contributed by atoms with van der Waals surface area (Å²) in [7, 11) is 0. The van der Waals surface area contributed by atoms with Crippen molar-refractivity contribution in [2.45, 2.75) is 32.0 Å². The van der Waals surface area contributed by atoms with Crippen LogP contribution in [0.2, 0.25) is 0 Å². The van der Waals surface area contributed by atoms with Crippen LogP contribution < -0.4 is 5.56 Å². The zero-order valence-electron chi connectivity index (χ0n) is 18.2. The zero-order valence-corrected chi connectivity index (χ0v) is 18.2. The molecule has 166 valence electrons. The van der Waals surface area contributed by atoms with E-state index in [9.17, 15) is 4.79 Å². The molecule has 4 heterocycles. The molecular formula is C25H33N3O3. The Morgan fingerprint density at radius 3 is 2.65 bits per heavy atom. The van der Waals surface area contributed by atoms with Crippen LogP contribution >= 0.6 is 0 Å². The molecule has 5 rings (SSSR count). The van der Waals surface area contributed by atoms with Gasteiger partial charge in [-0.25, -0.2) is 0 Å². The molecule has 0 spiro atoms. The number of hydrogen-bond acceptors (Lipinski definition) is 5. The predicted octanol–water partition coefficient (Wildman–Crippen LogP) is 2.32. The van der Waals surface area contributed by atoms with E-state index in [0.717, 1.165) is 71.2 Å². The zero-order chi connectivity index (χ0) is 21.0. The molecule has 1 aromatic carbocycles. The highest BCUT2D eigenvalue weighted by Gasteiger charge is 2.34. The number of nitrogens with zero attached hydrogens (tertiary/aromatic N) is 3. The van der Waals surface area contributed by atoms with E-state index in [1.807, 2.05) is 6.07 Å². The van der Waals surface area contributed by atoms with Crippen LogP contribution in [0.1, 0.15) is 29.2 Å². The van der Waals surface area contributed by atoms with Crippen molar-refractivity contribution in [2.24, 2.45) is 5.92 Å². The Kier molecular flexibility index (Phi) is 6.50. The molecule has 2 fully saturated rings. The van der Waals surface area contributed by atoms with Gasteiger partial charge in [0.1, 0.15) is 0 Å². The fourth-order valence-electron chi connectivity index (χ4n) is 5.35. The van der Waals surface area contributed by atoms with Crippen molar-refractivity contribution < 1.29 is 9.47 Å². The summed E-state index contributed by atoms with van der Waals surface area (Å²) < 4.78 is 13.4. The van der Waals surface area contributed by atoms with Gasteiger partial charge < -0.3 is 18.9 Å². The van der Waals surface area contributed by atoms with Crippen molar-refractivity contribution in [3.05, 3.63) is 69.6 Å². The third-order valence-corrected chi connectivity index (χ3v) is 6.92. The minimum atomic E-state index is 0.221. The Balaban J connectivity index is 1.19. The van der Waals surface area contributed by atoms with Crippen molar-refractivity contribution in [1.82, 2.24) is 14.4 Å². The second-order valence-electron chi connectivity index (χ2n) is 9.18. The lowest BCUT2D eigenvalue weighted by molar-refractivity contribution is 0.0338. The minimum Gasteiger partial charge on any atom is -0.379 e. The van der Waals surface area contributed by atoms with Crippen molar-refractivity contribution in [1.29, 1.82) is 0 Å². The summed E-state index contributed by atoms with van der Waals surface area (Å²) in [6.45, 7) is 9.40. The molecule has 0 radical (unpaired) electrons. The summed E-state index contributed by atoms with van der Waals surface area (Å²) in [6, 6.07) is 14.6. The molecule has 0 unspecified atom stereocenters. The monoisotopic (exact) mass is 423 g/mol. The number of morpholine rings is 1. The fraction of sp³-hybridized carbons (Fsp3) is 0.560. The highest BCUT2D eigenvalue weighted by Crippen LogP contribution is 2.35. The molecule has 0 N–H and O–H groups in total. The largest absolute Gasteiger partial charge is 0.379 e. The molecule has 6 heteroatoms. The molecule has 0 saturated carbocycles. The fourth-order valence-corrected chi connectivity index (χ4v) is 5.35. The van der Waals surface area contributed by atoms with E-state index in [4.69, 9.17) is 9.47 Å². The van der Waals surface area contributed by atoms with Gasteiger partial charge in [-0.2, -0.15) is 0 Å². The number of hydrogen-bond donors (Lipinski definition) is 0. The number of piperidine rings is 1. The number of pyridine rings is 1. The molecule has 2 saturated heterocycles. The first kappa shape index (κ1) is 20.9. The maximum absolute atomic E-state index is 13.2. The normalized spacial score (nSPS) is 24.1. The summed E-state index contributed by atoms with van der Waals surface area (Å²) >= 11 is 0. The van der Waals surface area contributed by atoms with Gasteiger partial charge in [-0.05, 0) is 24.0 Å². The van der Waals surface area contributed by atoms with Gasteiger partial charge in [-0.15, -0.1) is 0 Å². The summed E-state index contributed by atoms with van der Waals surface area (Å²) in [5.74, 6) is 1.00. The van der Waals surface area contributed by atoms with Crippen LogP contribution in [0.15, 0.2) is 47.3 Å². The third-order valence-electron chi connectivity index (χ3n) is 6.92. The molecule has 6 nitrogen and oxygen atoms in total. The SMILES string of the molecule is O=c1c(CN2CCOCC2)ccc2n1C[C@H]1C[C@@H]2CN(CCOCc2ccccc2)C1. The number of ether oxygens (including phenoxy) is 2. The molecule has 2 bridgehead atoms. The van der Waals surface area contributed by atoms with E-state index < -0.39 is 0 Å². The Labute approximate surface area is 184 Å². The first-order valence-corrected chi connectivity index (χ1v) is 11.6. The molecular weight excluding hydrogens is 390 g/mol. The number of fused-ring (bicyclic) bond motifs is 4. The Bertz CT molecular complexity index is 923. The number of likely N-dealkylation sites (tertiary alicyclic amines) is 1. The maximum Gasteiger partial charge on any atom is 0.255 e. The molecule has 1 aromatic heterocycles. The smallest absolute Gasteiger partial charge is 0.255 e. The molecule has 0 aliphatic carbocycles. The molecule has 3 aliphatic rings. The van der Waals surface area contributed by atoms with Crippen molar-refractivity contribution in [3.63, 3.8) is 0 Å². The Morgan fingerprint density at radius 1 is 0.968 bits per heavy atom. The highest BCUT2D eigenvalue weighted by molar-refractivity contribution is 5.22. The van der Waals surface area contributed by atoms with Gasteiger partial charge in [0.25, 0.3) is 5.56 Å². The summed E-state index contributed by atoms with van der Waals surface area (Å²) in [5.41, 5.74) is 3.59. The lowest BCUT2D eigenvalue weighted by Gasteiger charge is -2.43. The van der Waals surface area contributed by atoms with Crippen molar-refractivity contribution in [3.8, 4) is 0 Å². The second kappa shape index (κ2) is 9.65. The Morgan fingerprint density at radius 2 is 1.81 bits per heavy atom. The number of benzene rings is 1. The van der Waals surface area contributed by atoms with Gasteiger partial charge in [0.05, 0.1) is 26.4 Å². The van der Waals surface area contributed by atoms with Crippen LogP contribution in [0.5, 0.6) is 0 Å². The van der Waals surface area contributed by atoms with Gasteiger partial charge in [0.15, 0.2) is 0 Å². The van der Waals surface area contributed by atoms with Crippen LogP contribution in [-0.2, 0) is 29.2 Å². The molecule has 3 aliphatic heterocycles. The van der Waals surface area contributed by atoms with Gasteiger partial charge in [0.2, 0.25) is 0 Å². The number of aromatic nitrogens is 1. The molecule has 2 aromatic rings. The quantitative estimate of drug-likeness (QED) is 0.640. The highest BCUT2D eigenvalue weighted by atomic mass is 16.5. The van der Waals surface area contributed by atoms with E-state index in [2.05, 4.69) is 50.8 Å². The lowest BCUT2D eigenvalue weighted by Crippen LogP contribution is -2.48. The summed E-state index contributed by atoms with van der Waals surface area (Å²) in [5, 5.41) is 0. The minimum absolute atomic E-state index is 0.221. The Hall–Kier alpha value is -1.99.